The number of likely N-dealkylation sites (tertiary alicyclic amines) is 1. The average molecular weight is 497 g/mol. The number of halogens is 1. The predicted molar refractivity (Wildman–Crippen MR) is 125 cm³/mol. The number of rotatable bonds is 7. The Labute approximate surface area is 184 Å². The number of aromatic nitrogens is 3. The van der Waals surface area contributed by atoms with Crippen molar-refractivity contribution in [2.75, 3.05) is 33.2 Å². The van der Waals surface area contributed by atoms with Crippen LogP contribution in [0.3, 0.4) is 0 Å². The molecule has 2 aromatic rings. The molecule has 28 heavy (non-hydrogen) atoms. The van der Waals surface area contributed by atoms with Gasteiger partial charge in [0.05, 0.1) is 0 Å². The van der Waals surface area contributed by atoms with Crippen LogP contribution in [0.15, 0.2) is 35.6 Å². The fourth-order valence-electron chi connectivity index (χ4n) is 3.37. The fraction of sp³-hybridized carbons (Fsp3) is 0.550. The third-order valence-corrected chi connectivity index (χ3v) is 5.12. The first-order valence-corrected chi connectivity index (χ1v) is 9.86. The molecule has 8 heteroatoms. The SMILES string of the molecule is CN=C(NCCCN1CCC(C)CC1)NCc1cccc(-c2ncn[nH]2)c1.I. The molecule has 154 valence electrons. The molecule has 1 aliphatic rings. The van der Waals surface area contributed by atoms with Gasteiger partial charge in [-0.05, 0) is 56.4 Å². The standard InChI is InChI=1S/C20H31N7.HI/c1-16-7-11-27(12-8-16)10-4-9-22-20(21-2)23-14-17-5-3-6-18(13-17)19-24-15-25-26-19;/h3,5-6,13,15-16H,4,7-12,14H2,1-2H3,(H2,21,22,23)(H,24,25,26);1H. The smallest absolute Gasteiger partial charge is 0.191 e. The number of H-pyrrole nitrogens is 1. The summed E-state index contributed by atoms with van der Waals surface area (Å²) in [5, 5.41) is 13.6. The van der Waals surface area contributed by atoms with Crippen LogP contribution in [-0.2, 0) is 6.54 Å². The van der Waals surface area contributed by atoms with Crippen molar-refractivity contribution in [3.63, 3.8) is 0 Å². The van der Waals surface area contributed by atoms with Gasteiger partial charge >= 0.3 is 0 Å². The Hall–Kier alpha value is -1.68. The van der Waals surface area contributed by atoms with Crippen LogP contribution in [0.5, 0.6) is 0 Å². The second kappa shape index (κ2) is 12.0. The Morgan fingerprint density at radius 2 is 2.11 bits per heavy atom. The van der Waals surface area contributed by atoms with E-state index >= 15 is 0 Å². The van der Waals surface area contributed by atoms with E-state index in [1.165, 1.54) is 37.8 Å². The molecule has 0 unspecified atom stereocenters. The van der Waals surface area contributed by atoms with E-state index in [1.807, 2.05) is 19.2 Å². The third-order valence-electron chi connectivity index (χ3n) is 5.12. The molecule has 0 saturated carbocycles. The van der Waals surface area contributed by atoms with Gasteiger partial charge in [0.25, 0.3) is 0 Å². The van der Waals surface area contributed by atoms with Crippen molar-refractivity contribution in [2.24, 2.45) is 10.9 Å². The van der Waals surface area contributed by atoms with Gasteiger partial charge in [0.1, 0.15) is 6.33 Å². The monoisotopic (exact) mass is 497 g/mol. The number of guanidine groups is 1. The molecular weight excluding hydrogens is 465 g/mol. The van der Waals surface area contributed by atoms with Crippen LogP contribution in [-0.4, -0.2) is 59.3 Å². The Kier molecular flexibility index (Phi) is 9.69. The Morgan fingerprint density at radius 3 is 2.82 bits per heavy atom. The first-order chi connectivity index (χ1) is 13.2. The summed E-state index contributed by atoms with van der Waals surface area (Å²) in [6.45, 7) is 7.66. The van der Waals surface area contributed by atoms with Crippen LogP contribution in [0, 0.1) is 5.92 Å². The maximum absolute atomic E-state index is 4.32. The predicted octanol–water partition coefficient (Wildman–Crippen LogP) is 2.88. The van der Waals surface area contributed by atoms with E-state index < -0.39 is 0 Å². The van der Waals surface area contributed by atoms with Gasteiger partial charge < -0.3 is 15.5 Å². The zero-order chi connectivity index (χ0) is 18.9. The normalized spacial score (nSPS) is 15.9. The summed E-state index contributed by atoms with van der Waals surface area (Å²) in [7, 11) is 1.81. The molecule has 1 aromatic heterocycles. The highest BCUT2D eigenvalue weighted by Gasteiger charge is 2.14. The minimum absolute atomic E-state index is 0. The van der Waals surface area contributed by atoms with Crippen molar-refractivity contribution in [2.45, 2.75) is 32.7 Å². The summed E-state index contributed by atoms with van der Waals surface area (Å²) in [4.78, 5) is 11.1. The van der Waals surface area contributed by atoms with Crippen LogP contribution < -0.4 is 10.6 Å². The van der Waals surface area contributed by atoms with Gasteiger partial charge in [-0.2, -0.15) is 5.10 Å². The van der Waals surface area contributed by atoms with Crippen LogP contribution in [0.2, 0.25) is 0 Å². The first kappa shape index (κ1) is 22.6. The molecule has 1 aliphatic heterocycles. The van der Waals surface area contributed by atoms with E-state index in [1.54, 1.807) is 0 Å². The number of nitrogens with one attached hydrogen (secondary N) is 3. The van der Waals surface area contributed by atoms with Crippen LogP contribution in [0.4, 0.5) is 0 Å². The maximum Gasteiger partial charge on any atom is 0.191 e. The van der Waals surface area contributed by atoms with Gasteiger partial charge in [-0.15, -0.1) is 24.0 Å². The Morgan fingerprint density at radius 1 is 1.29 bits per heavy atom. The number of hydrogen-bond acceptors (Lipinski definition) is 4. The van der Waals surface area contributed by atoms with Crippen molar-refractivity contribution in [3.05, 3.63) is 36.2 Å². The summed E-state index contributed by atoms with van der Waals surface area (Å²) in [5.41, 5.74) is 2.21. The van der Waals surface area contributed by atoms with Gasteiger partial charge in [0.15, 0.2) is 11.8 Å². The summed E-state index contributed by atoms with van der Waals surface area (Å²) >= 11 is 0. The lowest BCUT2D eigenvalue weighted by Crippen LogP contribution is -2.39. The maximum atomic E-state index is 4.32. The van der Waals surface area contributed by atoms with Crippen molar-refractivity contribution in [1.29, 1.82) is 0 Å². The molecule has 3 N–H and O–H groups in total. The molecule has 0 aliphatic carbocycles. The van der Waals surface area contributed by atoms with Gasteiger partial charge in [-0.3, -0.25) is 10.1 Å². The van der Waals surface area contributed by atoms with Gasteiger partial charge in [0.2, 0.25) is 0 Å². The second-order valence-electron chi connectivity index (χ2n) is 7.26. The number of piperidine rings is 1. The van der Waals surface area contributed by atoms with Crippen molar-refractivity contribution < 1.29 is 0 Å². The molecule has 0 radical (unpaired) electrons. The van der Waals surface area contributed by atoms with Crippen molar-refractivity contribution in [1.82, 2.24) is 30.7 Å². The summed E-state index contributed by atoms with van der Waals surface area (Å²) in [6, 6.07) is 8.26. The van der Waals surface area contributed by atoms with Gasteiger partial charge in [-0.1, -0.05) is 25.1 Å². The molecule has 7 nitrogen and oxygen atoms in total. The lowest BCUT2D eigenvalue weighted by molar-refractivity contribution is 0.191. The fourth-order valence-corrected chi connectivity index (χ4v) is 3.37. The molecule has 0 atom stereocenters. The average Bonchev–Trinajstić information content (AvgIpc) is 3.24. The van der Waals surface area contributed by atoms with Gasteiger partial charge in [-0.25, -0.2) is 4.98 Å². The lowest BCUT2D eigenvalue weighted by Gasteiger charge is -2.30. The summed E-state index contributed by atoms with van der Waals surface area (Å²) in [5.74, 6) is 2.52. The highest BCUT2D eigenvalue weighted by Crippen LogP contribution is 2.16. The summed E-state index contributed by atoms with van der Waals surface area (Å²) < 4.78 is 0. The highest BCUT2D eigenvalue weighted by atomic mass is 127. The number of aliphatic imine (C=N–C) groups is 1. The van der Waals surface area contributed by atoms with E-state index in [2.05, 4.69) is 54.8 Å². The van der Waals surface area contributed by atoms with E-state index in [0.717, 1.165) is 42.8 Å². The minimum Gasteiger partial charge on any atom is -0.356 e. The number of benzene rings is 1. The molecule has 1 saturated heterocycles. The van der Waals surface area contributed by atoms with E-state index in [4.69, 9.17) is 0 Å². The topological polar surface area (TPSA) is 81.2 Å². The summed E-state index contributed by atoms with van der Waals surface area (Å²) in [6.07, 6.45) is 5.33. The Bertz CT molecular complexity index is 709. The molecule has 1 fully saturated rings. The third kappa shape index (κ3) is 7.05. The molecule has 2 heterocycles. The molecule has 0 amide bonds. The Balaban J connectivity index is 0.00000280. The second-order valence-corrected chi connectivity index (χ2v) is 7.26. The van der Waals surface area contributed by atoms with Crippen molar-refractivity contribution >= 4 is 29.9 Å². The van der Waals surface area contributed by atoms with E-state index in [0.29, 0.717) is 6.54 Å². The van der Waals surface area contributed by atoms with E-state index in [9.17, 15) is 0 Å². The number of hydrogen-bond donors (Lipinski definition) is 3. The first-order valence-electron chi connectivity index (χ1n) is 9.86. The highest BCUT2D eigenvalue weighted by molar-refractivity contribution is 14.0. The van der Waals surface area contributed by atoms with Crippen molar-refractivity contribution in [3.8, 4) is 11.4 Å². The number of aromatic amines is 1. The molecule has 3 rings (SSSR count). The zero-order valence-electron chi connectivity index (χ0n) is 16.8. The largest absolute Gasteiger partial charge is 0.356 e. The molecule has 0 bridgehead atoms. The lowest BCUT2D eigenvalue weighted by atomic mass is 9.99. The van der Waals surface area contributed by atoms with Crippen LogP contribution in [0.25, 0.3) is 11.4 Å². The number of nitrogens with zero attached hydrogens (tertiary/aromatic N) is 4. The minimum atomic E-state index is 0. The molecule has 1 aromatic carbocycles. The van der Waals surface area contributed by atoms with Crippen LogP contribution in [0.1, 0.15) is 31.7 Å². The molecular formula is C20H32IN7. The quantitative estimate of drug-likeness (QED) is 0.237. The van der Waals surface area contributed by atoms with E-state index in [-0.39, 0.29) is 24.0 Å². The van der Waals surface area contributed by atoms with Crippen LogP contribution >= 0.6 is 24.0 Å². The zero-order valence-corrected chi connectivity index (χ0v) is 19.1. The molecule has 0 spiro atoms. The van der Waals surface area contributed by atoms with Gasteiger partial charge in [0, 0.05) is 25.7 Å².